The molecule has 1 aliphatic carbocycles. The largest absolute Gasteiger partial charge is 0.456 e. The van der Waals surface area contributed by atoms with E-state index in [1.54, 1.807) is 24.3 Å². The van der Waals surface area contributed by atoms with Gasteiger partial charge in [0.2, 0.25) is 0 Å². The lowest BCUT2D eigenvalue weighted by molar-refractivity contribution is -0.161. The number of hydrogen-bond acceptors (Lipinski definition) is 5. The molecule has 4 rings (SSSR count). The molecule has 0 bridgehead atoms. The Bertz CT molecular complexity index is 1220. The van der Waals surface area contributed by atoms with Gasteiger partial charge >= 0.3 is 17.7 Å². The lowest BCUT2D eigenvalue weighted by atomic mass is 9.96. The minimum absolute atomic E-state index is 0.0704. The summed E-state index contributed by atoms with van der Waals surface area (Å²) in [5.74, 6) is -1.32. The van der Waals surface area contributed by atoms with Gasteiger partial charge in [-0.15, -0.1) is 0 Å². The van der Waals surface area contributed by atoms with Crippen molar-refractivity contribution in [2.45, 2.75) is 37.8 Å². The average molecular weight is 458 g/mol. The third-order valence-corrected chi connectivity index (χ3v) is 5.81. The van der Waals surface area contributed by atoms with Crippen molar-refractivity contribution in [1.29, 1.82) is 5.26 Å². The Morgan fingerprint density at radius 1 is 1.06 bits per heavy atom. The van der Waals surface area contributed by atoms with Gasteiger partial charge in [-0.1, -0.05) is 84.4 Å². The molecule has 172 valence electrons. The van der Waals surface area contributed by atoms with Crippen LogP contribution in [0.2, 0.25) is 0 Å². The fourth-order valence-corrected chi connectivity index (χ4v) is 3.96. The van der Waals surface area contributed by atoms with Crippen molar-refractivity contribution in [1.82, 2.24) is 5.32 Å². The van der Waals surface area contributed by atoms with Crippen molar-refractivity contribution in [3.8, 4) is 6.07 Å². The molecule has 0 fully saturated rings. The molecule has 3 atom stereocenters. The Labute approximate surface area is 196 Å². The van der Waals surface area contributed by atoms with Gasteiger partial charge in [0, 0.05) is 12.0 Å². The van der Waals surface area contributed by atoms with Crippen molar-refractivity contribution < 1.29 is 23.5 Å². The second-order valence-electron chi connectivity index (χ2n) is 8.17. The Morgan fingerprint density at radius 3 is 2.44 bits per heavy atom. The van der Waals surface area contributed by atoms with Gasteiger partial charge in [0.15, 0.2) is 0 Å². The van der Waals surface area contributed by atoms with Crippen LogP contribution in [0.3, 0.4) is 0 Å². The number of aryl methyl sites for hydroxylation is 1. The topological polar surface area (TPSA) is 88.4 Å². The van der Waals surface area contributed by atoms with Crippen LogP contribution in [0.4, 0.5) is 9.18 Å². The molecular formula is C27H23FN2O4. The van der Waals surface area contributed by atoms with Gasteiger partial charge in [-0.2, -0.15) is 5.26 Å². The first-order valence-corrected chi connectivity index (χ1v) is 10.8. The van der Waals surface area contributed by atoms with E-state index in [0.717, 1.165) is 22.3 Å². The molecule has 0 radical (unpaired) electrons. The molecule has 0 saturated carbocycles. The van der Waals surface area contributed by atoms with E-state index in [-0.39, 0.29) is 18.6 Å². The highest BCUT2D eigenvalue weighted by Crippen LogP contribution is 2.36. The molecule has 1 unspecified atom stereocenters. The third kappa shape index (κ3) is 4.76. The summed E-state index contributed by atoms with van der Waals surface area (Å²) in [6.07, 6.45) is -1.33. The summed E-state index contributed by atoms with van der Waals surface area (Å²) < 4.78 is 26.3. The molecule has 34 heavy (non-hydrogen) atoms. The highest BCUT2D eigenvalue weighted by Gasteiger charge is 2.46. The zero-order valence-electron chi connectivity index (χ0n) is 18.5. The van der Waals surface area contributed by atoms with Crippen molar-refractivity contribution in [3.05, 3.63) is 107 Å². The first kappa shape index (κ1) is 23.0. The number of fused-ring (bicyclic) bond motifs is 1. The van der Waals surface area contributed by atoms with E-state index in [1.807, 2.05) is 49.4 Å². The van der Waals surface area contributed by atoms with E-state index in [2.05, 4.69) is 5.32 Å². The number of nitriles is 1. The molecule has 1 aliphatic rings. The molecule has 0 heterocycles. The van der Waals surface area contributed by atoms with Crippen molar-refractivity contribution in [2.75, 3.05) is 0 Å². The second kappa shape index (κ2) is 9.75. The number of esters is 1. The van der Waals surface area contributed by atoms with Gasteiger partial charge < -0.3 is 14.8 Å². The summed E-state index contributed by atoms with van der Waals surface area (Å²) in [4.78, 5) is 25.4. The summed E-state index contributed by atoms with van der Waals surface area (Å²) in [6.45, 7) is 1.89. The molecule has 1 N–H and O–H groups in total. The van der Waals surface area contributed by atoms with Gasteiger partial charge in [0.05, 0.1) is 6.04 Å². The van der Waals surface area contributed by atoms with E-state index < -0.39 is 29.9 Å². The molecule has 6 nitrogen and oxygen atoms in total. The fraction of sp³-hybridized carbons (Fsp3) is 0.222. The zero-order chi connectivity index (χ0) is 24.1. The van der Waals surface area contributed by atoms with Crippen LogP contribution in [0.5, 0.6) is 0 Å². The summed E-state index contributed by atoms with van der Waals surface area (Å²) in [5, 5.41) is 12.2. The highest BCUT2D eigenvalue weighted by molar-refractivity contribution is 5.85. The van der Waals surface area contributed by atoms with Gasteiger partial charge in [0.1, 0.15) is 18.8 Å². The molecule has 0 saturated heterocycles. The quantitative estimate of drug-likeness (QED) is 0.535. The van der Waals surface area contributed by atoms with E-state index >= 15 is 4.39 Å². The van der Waals surface area contributed by atoms with Crippen molar-refractivity contribution >= 4 is 12.1 Å². The summed E-state index contributed by atoms with van der Waals surface area (Å²) in [7, 11) is 0. The predicted octanol–water partition coefficient (Wildman–Crippen LogP) is 4.82. The summed E-state index contributed by atoms with van der Waals surface area (Å²) in [5.41, 5.74) is 0.205. The molecular weight excluding hydrogens is 435 g/mol. The first-order chi connectivity index (χ1) is 16.4. The maximum atomic E-state index is 15.5. The van der Waals surface area contributed by atoms with E-state index in [1.165, 1.54) is 18.2 Å². The monoisotopic (exact) mass is 458 g/mol. The number of ether oxygens (including phenoxy) is 2. The van der Waals surface area contributed by atoms with Crippen LogP contribution >= 0.6 is 0 Å². The molecule has 1 amide bonds. The van der Waals surface area contributed by atoms with Crippen LogP contribution < -0.4 is 5.32 Å². The Kier molecular flexibility index (Phi) is 6.60. The number of nitrogens with zero attached hydrogens (tertiary/aromatic N) is 1. The molecule has 0 aliphatic heterocycles. The number of alkyl halides is 1. The molecule has 7 heteroatoms. The standard InChI is InChI=1S/C27H23FN2O4/c1-18-11-13-21(14-12-18)27(28,17-29)25(31)34-23-15-20-9-5-6-10-22(20)24(23)30-26(32)33-16-19-7-3-2-4-8-19/h2-14,23-24H,15-16H2,1H3,(H,30,32)/t23-,24+,27?/m0/s1. The molecule has 0 spiro atoms. The van der Waals surface area contributed by atoms with Gasteiger partial charge in [-0.25, -0.2) is 14.0 Å². The zero-order valence-corrected chi connectivity index (χ0v) is 18.5. The van der Waals surface area contributed by atoms with Crippen LogP contribution in [0.25, 0.3) is 0 Å². The molecule has 3 aromatic rings. The Balaban J connectivity index is 1.50. The Morgan fingerprint density at radius 2 is 1.74 bits per heavy atom. The van der Waals surface area contributed by atoms with E-state index in [4.69, 9.17) is 9.47 Å². The minimum atomic E-state index is -2.97. The van der Waals surface area contributed by atoms with Crippen molar-refractivity contribution in [2.24, 2.45) is 0 Å². The number of carbonyl (C=O) groups is 2. The van der Waals surface area contributed by atoms with Crippen molar-refractivity contribution in [3.63, 3.8) is 0 Å². The minimum Gasteiger partial charge on any atom is -0.456 e. The summed E-state index contributed by atoms with van der Waals surface area (Å²) in [6, 6.07) is 23.2. The lowest BCUT2D eigenvalue weighted by Crippen LogP contribution is -2.40. The third-order valence-electron chi connectivity index (χ3n) is 5.81. The molecule has 0 aromatic heterocycles. The highest BCUT2D eigenvalue weighted by atomic mass is 19.1. The number of rotatable bonds is 6. The maximum Gasteiger partial charge on any atom is 0.408 e. The number of hydrogen-bond donors (Lipinski definition) is 1. The van der Waals surface area contributed by atoms with Gasteiger partial charge in [-0.05, 0) is 23.6 Å². The van der Waals surface area contributed by atoms with Crippen LogP contribution in [0.1, 0.15) is 33.9 Å². The predicted molar refractivity (Wildman–Crippen MR) is 122 cm³/mol. The average Bonchev–Trinajstić information content (AvgIpc) is 3.20. The lowest BCUT2D eigenvalue weighted by Gasteiger charge is -2.25. The van der Waals surface area contributed by atoms with Crippen LogP contribution in [-0.4, -0.2) is 18.2 Å². The second-order valence-corrected chi connectivity index (χ2v) is 8.17. The van der Waals surface area contributed by atoms with Gasteiger partial charge in [0.25, 0.3) is 0 Å². The van der Waals surface area contributed by atoms with E-state index in [9.17, 15) is 14.9 Å². The number of halogens is 1. The SMILES string of the molecule is Cc1ccc(C(F)(C#N)C(=O)O[C@H]2Cc3ccccc3[C@H]2NC(=O)OCc2ccccc2)cc1. The number of alkyl carbamates (subject to hydrolysis) is 1. The van der Waals surface area contributed by atoms with Crippen LogP contribution in [0, 0.1) is 18.3 Å². The summed E-state index contributed by atoms with van der Waals surface area (Å²) >= 11 is 0. The first-order valence-electron chi connectivity index (χ1n) is 10.8. The number of nitrogens with one attached hydrogen (secondary N) is 1. The normalized spacial score (nSPS) is 18.1. The van der Waals surface area contributed by atoms with Crippen LogP contribution in [0.15, 0.2) is 78.9 Å². The molecule has 3 aromatic carbocycles. The van der Waals surface area contributed by atoms with Gasteiger partial charge in [-0.3, -0.25) is 0 Å². The maximum absolute atomic E-state index is 15.5. The number of amides is 1. The van der Waals surface area contributed by atoms with Crippen LogP contribution in [-0.2, 0) is 33.0 Å². The smallest absolute Gasteiger partial charge is 0.408 e. The Hall–Kier alpha value is -4.18. The number of carbonyl (C=O) groups excluding carboxylic acids is 2. The fourth-order valence-electron chi connectivity index (χ4n) is 3.96. The number of benzene rings is 3. The van der Waals surface area contributed by atoms with E-state index in [0.29, 0.717) is 0 Å².